The van der Waals surface area contributed by atoms with E-state index in [1.165, 1.54) is 12.1 Å². The molecule has 0 spiro atoms. The van der Waals surface area contributed by atoms with Crippen molar-refractivity contribution in [3.63, 3.8) is 0 Å². The molecule has 0 saturated carbocycles. The summed E-state index contributed by atoms with van der Waals surface area (Å²) in [7, 11) is 0. The molecular formula is C14H13ClFN3. The number of anilines is 1. The molecule has 0 heterocycles. The molecule has 3 nitrogen and oxygen atoms in total. The van der Waals surface area contributed by atoms with E-state index in [2.05, 4.69) is 10.3 Å². The summed E-state index contributed by atoms with van der Waals surface area (Å²) >= 11 is 5.67. The van der Waals surface area contributed by atoms with Gasteiger partial charge in [-0.25, -0.2) is 9.38 Å². The zero-order valence-electron chi connectivity index (χ0n) is 10.1. The summed E-state index contributed by atoms with van der Waals surface area (Å²) in [6.07, 6.45) is 0. The number of nitrogens with zero attached hydrogens (tertiary/aromatic N) is 1. The van der Waals surface area contributed by atoms with Crippen LogP contribution >= 0.6 is 11.6 Å². The predicted molar refractivity (Wildman–Crippen MR) is 76.8 cm³/mol. The van der Waals surface area contributed by atoms with Crippen LogP contribution in [-0.2, 0) is 6.54 Å². The van der Waals surface area contributed by atoms with Crippen molar-refractivity contribution in [1.82, 2.24) is 0 Å². The van der Waals surface area contributed by atoms with Crippen LogP contribution in [0.2, 0.25) is 5.02 Å². The fraction of sp³-hybridized carbons (Fsp3) is 0.0714. The number of aliphatic imine (C=N–C) groups is 1. The molecule has 5 heteroatoms. The Balaban J connectivity index is 2.00. The maximum atomic E-state index is 13.0. The molecule has 0 saturated heterocycles. The van der Waals surface area contributed by atoms with Gasteiger partial charge in [0.25, 0.3) is 0 Å². The Morgan fingerprint density at radius 2 is 1.95 bits per heavy atom. The number of hydrogen-bond donors (Lipinski definition) is 2. The van der Waals surface area contributed by atoms with E-state index in [9.17, 15) is 4.39 Å². The lowest BCUT2D eigenvalue weighted by atomic mass is 10.2. The van der Waals surface area contributed by atoms with Crippen LogP contribution in [-0.4, -0.2) is 5.96 Å². The maximum Gasteiger partial charge on any atom is 0.193 e. The summed E-state index contributed by atoms with van der Waals surface area (Å²) in [6.45, 7) is 0.481. The van der Waals surface area contributed by atoms with E-state index < -0.39 is 5.82 Å². The number of rotatable bonds is 3. The predicted octanol–water partition coefficient (Wildman–Crippen LogP) is 3.41. The van der Waals surface area contributed by atoms with Gasteiger partial charge in [-0.3, -0.25) is 0 Å². The first kappa shape index (κ1) is 13.4. The molecule has 0 bridgehead atoms. The first-order valence-corrected chi connectivity index (χ1v) is 6.09. The Labute approximate surface area is 115 Å². The standard InChI is InChI=1S/C14H13ClFN3/c15-12-8-11(6-7-13(12)16)19-14(17)18-9-10-4-2-1-3-5-10/h1-8H,9H2,(H3,17,18,19). The lowest BCUT2D eigenvalue weighted by molar-refractivity contribution is 0.628. The number of benzene rings is 2. The second-order valence-electron chi connectivity index (χ2n) is 3.94. The van der Waals surface area contributed by atoms with Crippen LogP contribution in [0.15, 0.2) is 53.5 Å². The summed E-state index contributed by atoms with van der Waals surface area (Å²) in [5.74, 6) is -0.210. The van der Waals surface area contributed by atoms with Crippen LogP contribution in [0.25, 0.3) is 0 Å². The van der Waals surface area contributed by atoms with Crippen molar-refractivity contribution in [3.05, 3.63) is 64.9 Å². The van der Waals surface area contributed by atoms with E-state index >= 15 is 0 Å². The van der Waals surface area contributed by atoms with Gasteiger partial charge in [0.1, 0.15) is 5.82 Å². The molecule has 0 unspecified atom stereocenters. The van der Waals surface area contributed by atoms with Gasteiger partial charge in [-0.1, -0.05) is 41.9 Å². The van der Waals surface area contributed by atoms with Crippen LogP contribution in [0.1, 0.15) is 5.56 Å². The molecule has 0 radical (unpaired) electrons. The summed E-state index contributed by atoms with van der Waals surface area (Å²) < 4.78 is 13.0. The first-order chi connectivity index (χ1) is 9.15. The molecule has 98 valence electrons. The number of nitrogens with one attached hydrogen (secondary N) is 1. The summed E-state index contributed by atoms with van der Waals surface area (Å²) in [4.78, 5) is 4.19. The van der Waals surface area contributed by atoms with Crippen molar-refractivity contribution in [3.8, 4) is 0 Å². The highest BCUT2D eigenvalue weighted by atomic mass is 35.5. The van der Waals surface area contributed by atoms with Crippen LogP contribution in [0.5, 0.6) is 0 Å². The number of guanidine groups is 1. The van der Waals surface area contributed by atoms with Gasteiger partial charge in [0.2, 0.25) is 0 Å². The van der Waals surface area contributed by atoms with Crippen molar-refractivity contribution in [2.45, 2.75) is 6.54 Å². The number of hydrogen-bond acceptors (Lipinski definition) is 1. The Bertz CT molecular complexity index is 584. The maximum absolute atomic E-state index is 13.0. The minimum Gasteiger partial charge on any atom is -0.370 e. The van der Waals surface area contributed by atoms with Gasteiger partial charge in [0, 0.05) is 5.69 Å². The van der Waals surface area contributed by atoms with Gasteiger partial charge >= 0.3 is 0 Å². The fourth-order valence-electron chi connectivity index (χ4n) is 1.52. The van der Waals surface area contributed by atoms with Crippen molar-refractivity contribution in [2.75, 3.05) is 5.32 Å². The molecule has 3 N–H and O–H groups in total. The molecule has 0 fully saturated rings. The SMILES string of the molecule is NC(=NCc1ccccc1)Nc1ccc(F)c(Cl)c1. The zero-order chi connectivity index (χ0) is 13.7. The molecule has 0 atom stereocenters. The molecule has 0 aliphatic heterocycles. The second-order valence-corrected chi connectivity index (χ2v) is 4.35. The third kappa shape index (κ3) is 3.96. The normalized spacial score (nSPS) is 11.4. The van der Waals surface area contributed by atoms with Crippen LogP contribution in [0, 0.1) is 5.82 Å². The average molecular weight is 278 g/mol. The molecule has 0 aliphatic rings. The average Bonchev–Trinajstić information content (AvgIpc) is 2.42. The van der Waals surface area contributed by atoms with E-state index in [4.69, 9.17) is 17.3 Å². The zero-order valence-corrected chi connectivity index (χ0v) is 10.9. The molecule has 19 heavy (non-hydrogen) atoms. The molecule has 2 aromatic carbocycles. The number of nitrogens with two attached hydrogens (primary N) is 1. The van der Waals surface area contributed by atoms with Gasteiger partial charge in [0.15, 0.2) is 5.96 Å². The molecule has 0 amide bonds. The number of halogens is 2. The van der Waals surface area contributed by atoms with Gasteiger partial charge in [0.05, 0.1) is 11.6 Å². The van der Waals surface area contributed by atoms with Crippen LogP contribution < -0.4 is 11.1 Å². The van der Waals surface area contributed by atoms with Gasteiger partial charge in [-0.2, -0.15) is 0 Å². The van der Waals surface area contributed by atoms with Crippen molar-refractivity contribution < 1.29 is 4.39 Å². The highest BCUT2D eigenvalue weighted by Gasteiger charge is 2.01. The summed E-state index contributed by atoms with van der Waals surface area (Å²) in [5, 5.41) is 2.90. The van der Waals surface area contributed by atoms with Crippen molar-refractivity contribution in [1.29, 1.82) is 0 Å². The quantitative estimate of drug-likeness (QED) is 0.667. The van der Waals surface area contributed by atoms with E-state index in [0.29, 0.717) is 12.2 Å². The topological polar surface area (TPSA) is 50.4 Å². The molecule has 0 aromatic heterocycles. The minimum atomic E-state index is -0.466. The van der Waals surface area contributed by atoms with Gasteiger partial charge < -0.3 is 11.1 Å². The Morgan fingerprint density at radius 1 is 1.21 bits per heavy atom. The molecule has 0 aliphatic carbocycles. The van der Waals surface area contributed by atoms with Crippen molar-refractivity contribution in [2.24, 2.45) is 10.7 Å². The third-order valence-electron chi connectivity index (χ3n) is 2.47. The first-order valence-electron chi connectivity index (χ1n) is 5.71. The van der Waals surface area contributed by atoms with E-state index in [1.807, 2.05) is 30.3 Å². The summed E-state index contributed by atoms with van der Waals surface area (Å²) in [5.41, 5.74) is 7.40. The van der Waals surface area contributed by atoms with Gasteiger partial charge in [-0.15, -0.1) is 0 Å². The van der Waals surface area contributed by atoms with Gasteiger partial charge in [-0.05, 0) is 23.8 Å². The minimum absolute atomic E-state index is 0.0425. The Morgan fingerprint density at radius 3 is 2.63 bits per heavy atom. The fourth-order valence-corrected chi connectivity index (χ4v) is 1.70. The van der Waals surface area contributed by atoms with Crippen molar-refractivity contribution >= 4 is 23.2 Å². The van der Waals surface area contributed by atoms with Crippen LogP contribution in [0.4, 0.5) is 10.1 Å². The largest absolute Gasteiger partial charge is 0.370 e. The highest BCUT2D eigenvalue weighted by Crippen LogP contribution is 2.19. The monoisotopic (exact) mass is 277 g/mol. The smallest absolute Gasteiger partial charge is 0.193 e. The van der Waals surface area contributed by atoms with E-state index in [0.717, 1.165) is 5.56 Å². The molecular weight excluding hydrogens is 265 g/mol. The van der Waals surface area contributed by atoms with Crippen LogP contribution in [0.3, 0.4) is 0 Å². The lowest BCUT2D eigenvalue weighted by Crippen LogP contribution is -2.22. The van der Waals surface area contributed by atoms with E-state index in [1.54, 1.807) is 6.07 Å². The third-order valence-corrected chi connectivity index (χ3v) is 2.76. The Hall–Kier alpha value is -2.07. The second kappa shape index (κ2) is 6.20. The Kier molecular flexibility index (Phi) is 4.36. The van der Waals surface area contributed by atoms with E-state index in [-0.39, 0.29) is 11.0 Å². The molecule has 2 aromatic rings. The summed E-state index contributed by atoms with van der Waals surface area (Å²) in [6, 6.07) is 14.0. The lowest BCUT2D eigenvalue weighted by Gasteiger charge is -2.06. The highest BCUT2D eigenvalue weighted by molar-refractivity contribution is 6.31. The molecule has 2 rings (SSSR count).